The minimum atomic E-state index is 1.08. The highest BCUT2D eigenvalue weighted by Crippen LogP contribution is 1.89. The maximum atomic E-state index is 3.00. The van der Waals surface area contributed by atoms with Crippen molar-refractivity contribution in [2.24, 2.45) is 0 Å². The van der Waals surface area contributed by atoms with Gasteiger partial charge < -0.3 is 0 Å². The average molecular weight is 126 g/mol. The van der Waals surface area contributed by atoms with E-state index in [0.717, 1.165) is 6.42 Å². The molecule has 0 aliphatic carbocycles. The molecule has 0 saturated carbocycles. The summed E-state index contributed by atoms with van der Waals surface area (Å²) in [7, 11) is 0. The van der Waals surface area contributed by atoms with Crippen molar-refractivity contribution < 1.29 is 0 Å². The lowest BCUT2D eigenvalue weighted by atomic mass is 10.3. The Bertz CT molecular complexity index is 71.8. The first kappa shape index (κ1) is 11.4. The fraction of sp³-hybridized carbons (Fsp3) is 0.778. The Labute approximate surface area is 59.7 Å². The molecule has 0 rings (SSSR count). The molecule has 0 amide bonds. The van der Waals surface area contributed by atoms with Crippen LogP contribution in [0.3, 0.4) is 0 Å². The highest BCUT2D eigenvalue weighted by atomic mass is 13.8. The molecule has 0 saturated heterocycles. The average Bonchev–Trinajstić information content (AvgIpc) is 1.94. The predicted octanol–water partition coefficient (Wildman–Crippen LogP) is 3.23. The van der Waals surface area contributed by atoms with Crippen molar-refractivity contribution in [3.05, 3.63) is 0 Å². The third kappa shape index (κ3) is 18.4. The van der Waals surface area contributed by atoms with E-state index < -0.39 is 0 Å². The van der Waals surface area contributed by atoms with E-state index in [1.807, 2.05) is 20.8 Å². The zero-order valence-electron chi connectivity index (χ0n) is 7.12. The quantitative estimate of drug-likeness (QED) is 0.393. The van der Waals surface area contributed by atoms with Gasteiger partial charge in [-0.25, -0.2) is 0 Å². The second kappa shape index (κ2) is 15.6. The van der Waals surface area contributed by atoms with Crippen molar-refractivity contribution in [2.45, 2.75) is 47.0 Å². The molecule has 0 spiro atoms. The minimum absolute atomic E-state index is 1.08. The Morgan fingerprint density at radius 3 is 2.11 bits per heavy atom. The van der Waals surface area contributed by atoms with Crippen LogP contribution in [0, 0.1) is 11.8 Å². The molecule has 0 heterocycles. The van der Waals surface area contributed by atoms with Gasteiger partial charge in [0.2, 0.25) is 0 Å². The Morgan fingerprint density at radius 2 is 1.78 bits per heavy atom. The highest BCUT2D eigenvalue weighted by molar-refractivity contribution is 4.94. The summed E-state index contributed by atoms with van der Waals surface area (Å²) in [6.45, 7) is 8.06. The summed E-state index contributed by atoms with van der Waals surface area (Å²) in [5.74, 6) is 5.85. The van der Waals surface area contributed by atoms with Gasteiger partial charge in [0.25, 0.3) is 0 Å². The molecular weight excluding hydrogens is 108 g/mol. The Hall–Kier alpha value is -0.440. The second-order valence-electron chi connectivity index (χ2n) is 1.53. The molecule has 0 fully saturated rings. The number of hydrogen-bond donors (Lipinski definition) is 0. The number of rotatable bonds is 2. The van der Waals surface area contributed by atoms with Gasteiger partial charge in [0.1, 0.15) is 0 Å². The molecule has 9 heavy (non-hydrogen) atoms. The molecular formula is C9H18. The Morgan fingerprint density at radius 1 is 1.22 bits per heavy atom. The van der Waals surface area contributed by atoms with E-state index in [9.17, 15) is 0 Å². The molecule has 0 aliphatic rings. The molecule has 0 atom stereocenters. The Balaban J connectivity index is 0. The molecule has 0 bridgehead atoms. The smallest absolute Gasteiger partial charge is 0.00884 e. The summed E-state index contributed by atoms with van der Waals surface area (Å²) >= 11 is 0. The van der Waals surface area contributed by atoms with Gasteiger partial charge in [0.05, 0.1) is 0 Å². The van der Waals surface area contributed by atoms with E-state index in [0.29, 0.717) is 0 Å². The molecule has 0 aromatic heterocycles. The van der Waals surface area contributed by atoms with Crippen molar-refractivity contribution in [2.75, 3.05) is 0 Å². The molecule has 0 unspecified atom stereocenters. The third-order valence-corrected chi connectivity index (χ3v) is 0.832. The van der Waals surface area contributed by atoms with Crippen LogP contribution in [-0.2, 0) is 0 Å². The molecule has 0 nitrogen and oxygen atoms in total. The van der Waals surface area contributed by atoms with Crippen molar-refractivity contribution in [1.29, 1.82) is 0 Å². The molecule has 0 aromatic carbocycles. The first-order valence-electron chi connectivity index (χ1n) is 3.81. The number of hydrogen-bond acceptors (Lipinski definition) is 0. The lowest BCUT2D eigenvalue weighted by molar-refractivity contribution is 0.828. The molecule has 0 heteroatoms. The van der Waals surface area contributed by atoms with Crippen molar-refractivity contribution in [3.63, 3.8) is 0 Å². The summed E-state index contributed by atoms with van der Waals surface area (Å²) in [5, 5.41) is 0. The molecule has 0 aliphatic heterocycles. The van der Waals surface area contributed by atoms with Gasteiger partial charge >= 0.3 is 0 Å². The SMILES string of the molecule is CC.CC#CCCCC. The predicted molar refractivity (Wildman–Crippen MR) is 44.3 cm³/mol. The van der Waals surface area contributed by atoms with E-state index in [1.54, 1.807) is 0 Å². The van der Waals surface area contributed by atoms with Crippen LogP contribution in [0.4, 0.5) is 0 Å². The first-order valence-corrected chi connectivity index (χ1v) is 3.81. The number of unbranched alkanes of at least 4 members (excludes halogenated alkanes) is 2. The standard InChI is InChI=1S/C7H12.C2H6/c1-3-5-7-6-4-2;1-2/h3,5,7H2,1-2H3;1-2H3. The molecule has 0 aromatic rings. The maximum absolute atomic E-state index is 3.00. The molecule has 54 valence electrons. The summed E-state index contributed by atoms with van der Waals surface area (Å²) in [6, 6.07) is 0. The zero-order valence-corrected chi connectivity index (χ0v) is 7.12. The van der Waals surface area contributed by atoms with E-state index >= 15 is 0 Å². The molecule has 0 radical (unpaired) electrons. The zero-order chi connectivity index (χ0) is 7.54. The third-order valence-electron chi connectivity index (χ3n) is 0.832. The topological polar surface area (TPSA) is 0 Å². The van der Waals surface area contributed by atoms with Crippen molar-refractivity contribution in [3.8, 4) is 11.8 Å². The van der Waals surface area contributed by atoms with E-state index in [4.69, 9.17) is 0 Å². The van der Waals surface area contributed by atoms with Gasteiger partial charge in [-0.15, -0.1) is 11.8 Å². The van der Waals surface area contributed by atoms with Crippen LogP contribution in [-0.4, -0.2) is 0 Å². The minimum Gasteiger partial charge on any atom is -0.107 e. The van der Waals surface area contributed by atoms with E-state index in [2.05, 4.69) is 18.8 Å². The maximum Gasteiger partial charge on any atom is 0.00884 e. The monoisotopic (exact) mass is 126 g/mol. The first-order chi connectivity index (χ1) is 4.41. The van der Waals surface area contributed by atoms with Crippen LogP contribution in [0.25, 0.3) is 0 Å². The molecule has 0 N–H and O–H groups in total. The van der Waals surface area contributed by atoms with Crippen LogP contribution in [0.5, 0.6) is 0 Å². The summed E-state index contributed by atoms with van der Waals surface area (Å²) < 4.78 is 0. The van der Waals surface area contributed by atoms with E-state index in [-0.39, 0.29) is 0 Å². The normalized spacial score (nSPS) is 6.22. The van der Waals surface area contributed by atoms with Crippen LogP contribution in [0.2, 0.25) is 0 Å². The summed E-state index contributed by atoms with van der Waals surface area (Å²) in [4.78, 5) is 0. The fourth-order valence-electron chi connectivity index (χ4n) is 0.390. The van der Waals surface area contributed by atoms with Gasteiger partial charge in [0, 0.05) is 6.42 Å². The van der Waals surface area contributed by atoms with Gasteiger partial charge in [0.15, 0.2) is 0 Å². The van der Waals surface area contributed by atoms with Gasteiger partial charge in [-0.3, -0.25) is 0 Å². The lowest BCUT2D eigenvalue weighted by Gasteiger charge is -1.80. The van der Waals surface area contributed by atoms with E-state index in [1.165, 1.54) is 12.8 Å². The second-order valence-corrected chi connectivity index (χ2v) is 1.53. The van der Waals surface area contributed by atoms with Crippen molar-refractivity contribution >= 4 is 0 Å². The van der Waals surface area contributed by atoms with Crippen molar-refractivity contribution in [1.82, 2.24) is 0 Å². The van der Waals surface area contributed by atoms with Gasteiger partial charge in [-0.2, -0.15) is 0 Å². The van der Waals surface area contributed by atoms with Gasteiger partial charge in [-0.05, 0) is 13.3 Å². The van der Waals surface area contributed by atoms with Crippen LogP contribution in [0.1, 0.15) is 47.0 Å². The largest absolute Gasteiger partial charge is 0.107 e. The van der Waals surface area contributed by atoms with Gasteiger partial charge in [-0.1, -0.05) is 27.2 Å². The fourth-order valence-corrected chi connectivity index (χ4v) is 0.390. The highest BCUT2D eigenvalue weighted by Gasteiger charge is 1.72. The van der Waals surface area contributed by atoms with Crippen LogP contribution >= 0.6 is 0 Å². The van der Waals surface area contributed by atoms with Crippen LogP contribution in [0.15, 0.2) is 0 Å². The summed E-state index contributed by atoms with van der Waals surface area (Å²) in [5.41, 5.74) is 0. The Kier molecular flexibility index (Phi) is 19.8. The summed E-state index contributed by atoms with van der Waals surface area (Å²) in [6.07, 6.45) is 3.59. The van der Waals surface area contributed by atoms with Crippen LogP contribution < -0.4 is 0 Å². The lowest BCUT2D eigenvalue weighted by Crippen LogP contribution is -1.64.